The van der Waals surface area contributed by atoms with Gasteiger partial charge in [-0.2, -0.15) is 5.10 Å². The number of amides is 1. The van der Waals surface area contributed by atoms with Crippen molar-refractivity contribution in [3.8, 4) is 0 Å². The highest BCUT2D eigenvalue weighted by molar-refractivity contribution is 6.31. The van der Waals surface area contributed by atoms with Crippen molar-refractivity contribution >= 4 is 28.9 Å². The molecule has 1 amide bonds. The number of carbonyl (C=O) groups excluding carboxylic acids is 1. The number of aryl methyl sites for hydroxylation is 1. The highest BCUT2D eigenvalue weighted by atomic mass is 35.5. The predicted octanol–water partition coefficient (Wildman–Crippen LogP) is 4.43. The second-order valence-corrected chi connectivity index (χ2v) is 6.96. The topological polar surface area (TPSA) is 90.1 Å². The number of halogens is 2. The molecule has 3 aromatic rings. The molecular formula is C20H18ClFN4O3. The van der Waals surface area contributed by atoms with Gasteiger partial charge in [0.2, 0.25) is 5.91 Å². The number of non-ortho nitro benzene ring substituents is 1. The van der Waals surface area contributed by atoms with Crippen LogP contribution in [0, 0.1) is 29.8 Å². The van der Waals surface area contributed by atoms with Crippen molar-refractivity contribution in [2.75, 3.05) is 5.32 Å². The lowest BCUT2D eigenvalue weighted by atomic mass is 10.1. The summed E-state index contributed by atoms with van der Waals surface area (Å²) in [5, 5.41) is 18.2. The minimum absolute atomic E-state index is 0.0334. The van der Waals surface area contributed by atoms with Gasteiger partial charge in [0.05, 0.1) is 35.0 Å². The van der Waals surface area contributed by atoms with Crippen LogP contribution in [-0.2, 0) is 17.8 Å². The fourth-order valence-electron chi connectivity index (χ4n) is 2.97. The Morgan fingerprint density at radius 3 is 2.55 bits per heavy atom. The number of hydrogen-bond donors (Lipinski definition) is 1. The van der Waals surface area contributed by atoms with Crippen LogP contribution in [-0.4, -0.2) is 20.6 Å². The Labute approximate surface area is 171 Å². The molecule has 1 N–H and O–H groups in total. The first-order valence-corrected chi connectivity index (χ1v) is 9.14. The van der Waals surface area contributed by atoms with Gasteiger partial charge >= 0.3 is 0 Å². The van der Waals surface area contributed by atoms with Gasteiger partial charge in [-0.1, -0.05) is 29.8 Å². The molecule has 0 aliphatic rings. The van der Waals surface area contributed by atoms with E-state index >= 15 is 0 Å². The molecule has 0 radical (unpaired) electrons. The van der Waals surface area contributed by atoms with Crippen LogP contribution in [0.2, 0.25) is 5.02 Å². The number of benzene rings is 2. The molecule has 9 heteroatoms. The summed E-state index contributed by atoms with van der Waals surface area (Å²) in [5.74, 6) is -0.706. The van der Waals surface area contributed by atoms with Gasteiger partial charge in [-0.3, -0.25) is 19.6 Å². The Morgan fingerprint density at radius 1 is 1.24 bits per heavy atom. The van der Waals surface area contributed by atoms with Crippen LogP contribution in [0.3, 0.4) is 0 Å². The first kappa shape index (κ1) is 20.5. The smallest absolute Gasteiger partial charge is 0.269 e. The van der Waals surface area contributed by atoms with Crippen LogP contribution in [0.15, 0.2) is 42.5 Å². The lowest BCUT2D eigenvalue weighted by molar-refractivity contribution is -0.384. The summed E-state index contributed by atoms with van der Waals surface area (Å²) in [6, 6.07) is 10.3. The number of nitro benzene ring substituents is 1. The molecule has 0 aliphatic heterocycles. The van der Waals surface area contributed by atoms with Crippen LogP contribution >= 0.6 is 11.6 Å². The van der Waals surface area contributed by atoms with Gasteiger partial charge in [0.25, 0.3) is 5.69 Å². The standard InChI is InChI=1S/C20H18ClFN4O3/c1-12-20(23-19(27)10-14-6-8-15(9-7-14)26(28)29)13(2)25(24-12)11-16-17(21)4-3-5-18(16)22/h3-9H,10-11H2,1-2H3,(H,23,27). The number of nitro groups is 1. The normalized spacial score (nSPS) is 10.8. The van der Waals surface area contributed by atoms with Crippen molar-refractivity contribution in [1.82, 2.24) is 9.78 Å². The van der Waals surface area contributed by atoms with Gasteiger partial charge < -0.3 is 5.32 Å². The van der Waals surface area contributed by atoms with E-state index in [-0.39, 0.29) is 24.6 Å². The summed E-state index contributed by atoms with van der Waals surface area (Å²) < 4.78 is 15.7. The van der Waals surface area contributed by atoms with E-state index in [2.05, 4.69) is 10.4 Å². The van der Waals surface area contributed by atoms with Crippen molar-refractivity contribution in [2.45, 2.75) is 26.8 Å². The lowest BCUT2D eigenvalue weighted by Gasteiger charge is -2.09. The predicted molar refractivity (Wildman–Crippen MR) is 108 cm³/mol. The van der Waals surface area contributed by atoms with Crippen LogP contribution in [0.1, 0.15) is 22.5 Å². The van der Waals surface area contributed by atoms with Crippen molar-refractivity contribution in [2.24, 2.45) is 0 Å². The molecule has 3 rings (SSSR count). The molecule has 1 heterocycles. The second kappa shape index (κ2) is 8.40. The summed E-state index contributed by atoms with van der Waals surface area (Å²) in [4.78, 5) is 22.6. The van der Waals surface area contributed by atoms with Gasteiger partial charge in [0, 0.05) is 22.7 Å². The number of nitrogens with one attached hydrogen (secondary N) is 1. The van der Waals surface area contributed by atoms with Crippen LogP contribution in [0.4, 0.5) is 15.8 Å². The number of anilines is 1. The molecule has 0 aliphatic carbocycles. The Bertz CT molecular complexity index is 1060. The summed E-state index contributed by atoms with van der Waals surface area (Å²) >= 11 is 6.09. The van der Waals surface area contributed by atoms with E-state index in [1.165, 1.54) is 24.3 Å². The van der Waals surface area contributed by atoms with Crippen LogP contribution in [0.25, 0.3) is 0 Å². The average Bonchev–Trinajstić information content (AvgIpc) is 2.92. The van der Waals surface area contributed by atoms with E-state index in [9.17, 15) is 19.3 Å². The molecule has 0 saturated carbocycles. The highest BCUT2D eigenvalue weighted by Crippen LogP contribution is 2.24. The molecule has 0 bridgehead atoms. The van der Waals surface area contributed by atoms with E-state index in [1.807, 2.05) is 0 Å². The SMILES string of the molecule is Cc1nn(Cc2c(F)cccc2Cl)c(C)c1NC(=O)Cc1ccc([N+](=O)[O-])cc1. The highest BCUT2D eigenvalue weighted by Gasteiger charge is 2.17. The van der Waals surface area contributed by atoms with Crippen molar-refractivity contribution < 1.29 is 14.1 Å². The minimum atomic E-state index is -0.493. The molecular weight excluding hydrogens is 399 g/mol. The Morgan fingerprint density at radius 2 is 1.93 bits per heavy atom. The molecule has 0 unspecified atom stereocenters. The van der Waals surface area contributed by atoms with E-state index in [1.54, 1.807) is 36.7 Å². The van der Waals surface area contributed by atoms with Crippen molar-refractivity contribution in [1.29, 1.82) is 0 Å². The minimum Gasteiger partial charge on any atom is -0.323 e. The number of nitrogens with zero attached hydrogens (tertiary/aromatic N) is 3. The molecule has 2 aromatic carbocycles. The maximum absolute atomic E-state index is 14.1. The number of rotatable bonds is 6. The molecule has 0 spiro atoms. The summed E-state index contributed by atoms with van der Waals surface area (Å²) in [7, 11) is 0. The van der Waals surface area contributed by atoms with Crippen LogP contribution < -0.4 is 5.32 Å². The van der Waals surface area contributed by atoms with Gasteiger partial charge in [0.1, 0.15) is 5.82 Å². The third-order valence-electron chi connectivity index (χ3n) is 4.53. The molecule has 1 aromatic heterocycles. The monoisotopic (exact) mass is 416 g/mol. The molecule has 29 heavy (non-hydrogen) atoms. The van der Waals surface area contributed by atoms with Gasteiger partial charge in [-0.05, 0) is 31.5 Å². The third-order valence-corrected chi connectivity index (χ3v) is 4.88. The molecule has 0 saturated heterocycles. The van der Waals surface area contributed by atoms with E-state index in [4.69, 9.17) is 11.6 Å². The zero-order valence-corrected chi connectivity index (χ0v) is 16.5. The van der Waals surface area contributed by atoms with Crippen molar-refractivity contribution in [3.05, 3.63) is 85.9 Å². The fourth-order valence-corrected chi connectivity index (χ4v) is 3.19. The van der Waals surface area contributed by atoms with Gasteiger partial charge in [0.15, 0.2) is 0 Å². The Hall–Kier alpha value is -3.26. The Balaban J connectivity index is 1.74. The third kappa shape index (κ3) is 4.60. The number of hydrogen-bond acceptors (Lipinski definition) is 4. The summed E-state index contributed by atoms with van der Waals surface area (Å²) in [6.07, 6.45) is 0.0567. The quantitative estimate of drug-likeness (QED) is 0.475. The molecule has 150 valence electrons. The van der Waals surface area contributed by atoms with Gasteiger partial charge in [-0.25, -0.2) is 4.39 Å². The average molecular weight is 417 g/mol. The fraction of sp³-hybridized carbons (Fsp3) is 0.200. The zero-order chi connectivity index (χ0) is 21.1. The summed E-state index contributed by atoms with van der Waals surface area (Å²) in [6.45, 7) is 3.65. The van der Waals surface area contributed by atoms with E-state index in [0.29, 0.717) is 33.2 Å². The largest absolute Gasteiger partial charge is 0.323 e. The lowest BCUT2D eigenvalue weighted by Crippen LogP contribution is -2.15. The Kier molecular flexibility index (Phi) is 5.93. The first-order chi connectivity index (χ1) is 13.8. The zero-order valence-electron chi connectivity index (χ0n) is 15.8. The molecule has 7 nitrogen and oxygen atoms in total. The maximum atomic E-state index is 14.1. The molecule has 0 atom stereocenters. The van der Waals surface area contributed by atoms with Crippen LogP contribution in [0.5, 0.6) is 0 Å². The second-order valence-electron chi connectivity index (χ2n) is 6.55. The maximum Gasteiger partial charge on any atom is 0.269 e. The molecule has 0 fully saturated rings. The first-order valence-electron chi connectivity index (χ1n) is 8.76. The number of carbonyl (C=O) groups is 1. The number of aromatic nitrogens is 2. The van der Waals surface area contributed by atoms with Gasteiger partial charge in [-0.15, -0.1) is 0 Å². The van der Waals surface area contributed by atoms with Crippen molar-refractivity contribution in [3.63, 3.8) is 0 Å². The van der Waals surface area contributed by atoms with E-state index in [0.717, 1.165) is 0 Å². The summed E-state index contributed by atoms with van der Waals surface area (Å²) in [5.41, 5.74) is 2.74. The van der Waals surface area contributed by atoms with E-state index < -0.39 is 10.7 Å².